The van der Waals surface area contributed by atoms with E-state index in [1.807, 2.05) is 18.0 Å². The zero-order valence-corrected chi connectivity index (χ0v) is 11.7. The second kappa shape index (κ2) is 6.68. The van der Waals surface area contributed by atoms with E-state index in [0.29, 0.717) is 6.04 Å². The van der Waals surface area contributed by atoms with Crippen molar-refractivity contribution in [3.05, 3.63) is 12.4 Å². The van der Waals surface area contributed by atoms with Gasteiger partial charge in [-0.2, -0.15) is 0 Å². The molecule has 2 rings (SSSR count). The number of anilines is 2. The summed E-state index contributed by atoms with van der Waals surface area (Å²) < 4.78 is 0. The van der Waals surface area contributed by atoms with Crippen LogP contribution in [-0.4, -0.2) is 66.4 Å². The maximum absolute atomic E-state index is 8.85. The molecule has 0 amide bonds. The molecule has 1 unspecified atom stereocenters. The van der Waals surface area contributed by atoms with E-state index in [1.165, 1.54) is 0 Å². The lowest BCUT2D eigenvalue weighted by atomic mass is 10.2. The van der Waals surface area contributed by atoms with E-state index in [-0.39, 0.29) is 6.61 Å². The van der Waals surface area contributed by atoms with Crippen LogP contribution in [0.4, 0.5) is 11.6 Å². The van der Waals surface area contributed by atoms with Crippen LogP contribution in [0.1, 0.15) is 12.8 Å². The van der Waals surface area contributed by atoms with E-state index < -0.39 is 0 Å². The molecule has 1 fully saturated rings. The molecule has 1 aromatic rings. The number of nitrogens with one attached hydrogen (secondary N) is 1. The van der Waals surface area contributed by atoms with Crippen molar-refractivity contribution in [1.82, 2.24) is 14.9 Å². The summed E-state index contributed by atoms with van der Waals surface area (Å²) in [5.41, 5.74) is 0. The fourth-order valence-electron chi connectivity index (χ4n) is 2.32. The highest BCUT2D eigenvalue weighted by atomic mass is 16.3. The zero-order valence-electron chi connectivity index (χ0n) is 11.7. The summed E-state index contributed by atoms with van der Waals surface area (Å²) in [5, 5.41) is 12.3. The van der Waals surface area contributed by atoms with Gasteiger partial charge in [0.25, 0.3) is 0 Å². The predicted molar refractivity (Wildman–Crippen MR) is 76.5 cm³/mol. The number of hydrogen-bond acceptors (Lipinski definition) is 6. The molecule has 6 nitrogen and oxygen atoms in total. The molecule has 0 radical (unpaired) electrons. The van der Waals surface area contributed by atoms with Gasteiger partial charge < -0.3 is 20.2 Å². The molecule has 0 aromatic carbocycles. The third-order valence-electron chi connectivity index (χ3n) is 3.44. The first-order valence-electron chi connectivity index (χ1n) is 6.78. The normalized spacial score (nSPS) is 19.6. The van der Waals surface area contributed by atoms with Crippen LogP contribution in [0.3, 0.4) is 0 Å². The van der Waals surface area contributed by atoms with Gasteiger partial charge in [0.1, 0.15) is 18.0 Å². The maximum Gasteiger partial charge on any atom is 0.133 e. The molecule has 1 saturated heterocycles. The van der Waals surface area contributed by atoms with Crippen LogP contribution in [0.5, 0.6) is 0 Å². The Morgan fingerprint density at radius 2 is 2.37 bits per heavy atom. The van der Waals surface area contributed by atoms with Crippen LogP contribution >= 0.6 is 0 Å². The van der Waals surface area contributed by atoms with Crippen LogP contribution in [0.15, 0.2) is 12.4 Å². The van der Waals surface area contributed by atoms with Gasteiger partial charge in [0, 0.05) is 38.9 Å². The van der Waals surface area contributed by atoms with Gasteiger partial charge in [0.2, 0.25) is 0 Å². The smallest absolute Gasteiger partial charge is 0.133 e. The molecule has 19 heavy (non-hydrogen) atoms. The fraction of sp³-hybridized carbons (Fsp3) is 0.692. The number of aliphatic hydroxyl groups is 1. The van der Waals surface area contributed by atoms with E-state index in [9.17, 15) is 0 Å². The van der Waals surface area contributed by atoms with Crippen molar-refractivity contribution in [3.63, 3.8) is 0 Å². The maximum atomic E-state index is 8.85. The van der Waals surface area contributed by atoms with Gasteiger partial charge in [-0.3, -0.25) is 0 Å². The van der Waals surface area contributed by atoms with Crippen molar-refractivity contribution in [1.29, 1.82) is 0 Å². The molecular formula is C13H23N5O. The molecule has 106 valence electrons. The number of hydrogen-bond donors (Lipinski definition) is 2. The lowest BCUT2D eigenvalue weighted by molar-refractivity contribution is 0.290. The van der Waals surface area contributed by atoms with Crippen molar-refractivity contribution in [2.45, 2.75) is 18.9 Å². The Morgan fingerprint density at radius 1 is 1.53 bits per heavy atom. The van der Waals surface area contributed by atoms with Crippen LogP contribution < -0.4 is 10.2 Å². The Morgan fingerprint density at radius 3 is 3.05 bits per heavy atom. The van der Waals surface area contributed by atoms with Gasteiger partial charge in [0.15, 0.2) is 0 Å². The van der Waals surface area contributed by atoms with Crippen LogP contribution in [0.25, 0.3) is 0 Å². The molecule has 0 aliphatic carbocycles. The Balaban J connectivity index is 1.94. The number of likely N-dealkylation sites (tertiary alicyclic amines) is 1. The second-order valence-corrected chi connectivity index (χ2v) is 5.15. The molecule has 1 aliphatic rings. The van der Waals surface area contributed by atoms with Crippen molar-refractivity contribution in [2.24, 2.45) is 0 Å². The Bertz CT molecular complexity index is 400. The summed E-state index contributed by atoms with van der Waals surface area (Å²) >= 11 is 0. The lowest BCUT2D eigenvalue weighted by Crippen LogP contribution is -2.25. The minimum absolute atomic E-state index is 0.203. The quantitative estimate of drug-likeness (QED) is 0.777. The first-order valence-corrected chi connectivity index (χ1v) is 6.78. The molecule has 0 spiro atoms. The summed E-state index contributed by atoms with van der Waals surface area (Å²) in [6.45, 7) is 3.18. The van der Waals surface area contributed by atoms with E-state index in [4.69, 9.17) is 5.11 Å². The minimum Gasteiger partial charge on any atom is -0.396 e. The SMILES string of the molecule is CN1CCC(Nc2cc(N(C)CCCO)ncn2)C1. The Labute approximate surface area is 114 Å². The molecule has 1 aliphatic heterocycles. The third-order valence-corrected chi connectivity index (χ3v) is 3.44. The van der Waals surface area contributed by atoms with E-state index in [1.54, 1.807) is 6.33 Å². The molecular weight excluding hydrogens is 242 g/mol. The summed E-state index contributed by atoms with van der Waals surface area (Å²) in [6.07, 6.45) is 3.48. The number of aliphatic hydroxyl groups excluding tert-OH is 1. The second-order valence-electron chi connectivity index (χ2n) is 5.15. The minimum atomic E-state index is 0.203. The highest BCUT2D eigenvalue weighted by Crippen LogP contribution is 2.16. The molecule has 2 N–H and O–H groups in total. The highest BCUT2D eigenvalue weighted by Gasteiger charge is 2.19. The van der Waals surface area contributed by atoms with Gasteiger partial charge >= 0.3 is 0 Å². The summed E-state index contributed by atoms with van der Waals surface area (Å²) in [4.78, 5) is 12.9. The van der Waals surface area contributed by atoms with Crippen LogP contribution in [0.2, 0.25) is 0 Å². The average molecular weight is 265 g/mol. The van der Waals surface area contributed by atoms with Crippen molar-refractivity contribution in [3.8, 4) is 0 Å². The van der Waals surface area contributed by atoms with E-state index in [0.717, 1.165) is 44.1 Å². The summed E-state index contributed by atoms with van der Waals surface area (Å²) in [5.74, 6) is 1.76. The van der Waals surface area contributed by atoms with E-state index in [2.05, 4.69) is 27.2 Å². The van der Waals surface area contributed by atoms with Gasteiger partial charge in [-0.25, -0.2) is 9.97 Å². The van der Waals surface area contributed by atoms with E-state index >= 15 is 0 Å². The highest BCUT2D eigenvalue weighted by molar-refractivity contribution is 5.48. The first kappa shape index (κ1) is 14.0. The molecule has 0 bridgehead atoms. The van der Waals surface area contributed by atoms with Crippen molar-refractivity contribution in [2.75, 3.05) is 50.6 Å². The monoisotopic (exact) mass is 265 g/mol. The van der Waals surface area contributed by atoms with Gasteiger partial charge in [-0.1, -0.05) is 0 Å². The summed E-state index contributed by atoms with van der Waals surface area (Å²) in [7, 11) is 4.11. The topological polar surface area (TPSA) is 64.5 Å². The molecule has 0 saturated carbocycles. The van der Waals surface area contributed by atoms with Gasteiger partial charge in [0.05, 0.1) is 0 Å². The standard InChI is InChI=1S/C13H23N5O/c1-17-6-4-11(9-17)16-12-8-13(15-10-14-12)18(2)5-3-7-19/h8,10-11,19H,3-7,9H2,1-2H3,(H,14,15,16). The van der Waals surface area contributed by atoms with Crippen molar-refractivity contribution >= 4 is 11.6 Å². The van der Waals surface area contributed by atoms with Crippen molar-refractivity contribution < 1.29 is 5.11 Å². The lowest BCUT2D eigenvalue weighted by Gasteiger charge is -2.19. The third kappa shape index (κ3) is 4.04. The molecule has 1 aromatic heterocycles. The van der Waals surface area contributed by atoms with Gasteiger partial charge in [-0.15, -0.1) is 0 Å². The summed E-state index contributed by atoms with van der Waals surface area (Å²) in [6, 6.07) is 2.44. The largest absolute Gasteiger partial charge is 0.396 e. The number of nitrogens with zero attached hydrogens (tertiary/aromatic N) is 4. The fourth-order valence-corrected chi connectivity index (χ4v) is 2.32. The zero-order chi connectivity index (χ0) is 13.7. The Kier molecular flexibility index (Phi) is 4.93. The van der Waals surface area contributed by atoms with Crippen LogP contribution in [-0.2, 0) is 0 Å². The first-order chi connectivity index (χ1) is 9.19. The average Bonchev–Trinajstić information content (AvgIpc) is 2.81. The number of aromatic nitrogens is 2. The molecule has 1 atom stereocenters. The molecule has 2 heterocycles. The number of likely N-dealkylation sites (N-methyl/N-ethyl adjacent to an activating group) is 1. The van der Waals surface area contributed by atoms with Crippen LogP contribution in [0, 0.1) is 0 Å². The number of rotatable bonds is 6. The Hall–Kier alpha value is -1.40. The predicted octanol–water partition coefficient (Wildman–Crippen LogP) is 0.411. The van der Waals surface area contributed by atoms with Gasteiger partial charge in [-0.05, 0) is 26.4 Å². The molecule has 6 heteroatoms.